The monoisotopic (exact) mass is 348 g/mol. The van der Waals surface area contributed by atoms with Crippen molar-refractivity contribution in [3.05, 3.63) is 29.3 Å². The number of carbonyl (C=O) groups is 4. The molecule has 1 aromatic carbocycles. The molecule has 8 nitrogen and oxygen atoms in total. The van der Waals surface area contributed by atoms with Crippen molar-refractivity contribution in [3.8, 4) is 5.75 Å². The van der Waals surface area contributed by atoms with Crippen molar-refractivity contribution in [2.75, 3.05) is 0 Å². The molecule has 1 aromatic rings. The molecule has 1 aliphatic heterocycles. The molecule has 3 N–H and O–H groups in total. The third-order valence-electron chi connectivity index (χ3n) is 3.61. The lowest BCUT2D eigenvalue weighted by molar-refractivity contribution is -0.155. The molecule has 0 bridgehead atoms. The molecule has 0 fully saturated rings. The number of hydrogen-bond donors (Lipinski definition) is 2. The summed E-state index contributed by atoms with van der Waals surface area (Å²) >= 11 is 0. The van der Waals surface area contributed by atoms with Gasteiger partial charge in [0.15, 0.2) is 0 Å². The van der Waals surface area contributed by atoms with Crippen molar-refractivity contribution < 1.29 is 29.0 Å². The van der Waals surface area contributed by atoms with E-state index in [0.29, 0.717) is 4.90 Å². The van der Waals surface area contributed by atoms with Crippen LogP contribution in [0.5, 0.6) is 5.75 Å². The van der Waals surface area contributed by atoms with Gasteiger partial charge < -0.3 is 15.6 Å². The Balaban J connectivity index is 2.21. The van der Waals surface area contributed by atoms with Crippen molar-refractivity contribution in [1.82, 2.24) is 4.90 Å². The van der Waals surface area contributed by atoms with Gasteiger partial charge in [-0.3, -0.25) is 24.1 Å². The van der Waals surface area contributed by atoms with E-state index >= 15 is 0 Å². The highest BCUT2D eigenvalue weighted by molar-refractivity contribution is 6.24. The van der Waals surface area contributed by atoms with Gasteiger partial charge in [0.2, 0.25) is 5.91 Å². The summed E-state index contributed by atoms with van der Waals surface area (Å²) in [6, 6.07) is 2.76. The molecule has 0 saturated carbocycles. The lowest BCUT2D eigenvalue weighted by Crippen LogP contribution is -2.48. The molecule has 1 aliphatic rings. The standard InChI is InChI=1S/C17H20N2O6/c1-17(2,3)25-12(21)8-7-10(14(18)22)19-15(23)9-5-4-6-11(20)13(9)16(19)24/h4-6,10,20H,7-8H2,1-3H3,(H2,18,22)/t10-/m0/s1. The molecule has 1 heterocycles. The number of esters is 1. The minimum atomic E-state index is -1.31. The van der Waals surface area contributed by atoms with E-state index in [2.05, 4.69) is 0 Å². The van der Waals surface area contributed by atoms with E-state index in [9.17, 15) is 24.3 Å². The highest BCUT2D eigenvalue weighted by Crippen LogP contribution is 2.32. The third-order valence-corrected chi connectivity index (χ3v) is 3.61. The molecule has 0 aliphatic carbocycles. The topological polar surface area (TPSA) is 127 Å². The Morgan fingerprint density at radius 2 is 1.88 bits per heavy atom. The molecule has 0 unspecified atom stereocenters. The molecule has 2 rings (SSSR count). The summed E-state index contributed by atoms with van der Waals surface area (Å²) in [6.45, 7) is 5.09. The first-order valence-electron chi connectivity index (χ1n) is 7.74. The molecular weight excluding hydrogens is 328 g/mol. The number of imide groups is 1. The van der Waals surface area contributed by atoms with Crippen molar-refractivity contribution in [1.29, 1.82) is 0 Å². The average molecular weight is 348 g/mol. The third kappa shape index (κ3) is 3.78. The Bertz CT molecular complexity index is 750. The largest absolute Gasteiger partial charge is 0.507 e. The smallest absolute Gasteiger partial charge is 0.306 e. The molecule has 0 saturated heterocycles. The van der Waals surface area contributed by atoms with Crippen LogP contribution in [0.4, 0.5) is 0 Å². The number of phenols is 1. The van der Waals surface area contributed by atoms with E-state index in [-0.39, 0.29) is 29.7 Å². The predicted molar refractivity (Wildman–Crippen MR) is 86.7 cm³/mol. The molecular formula is C17H20N2O6. The maximum Gasteiger partial charge on any atom is 0.306 e. The fraction of sp³-hybridized carbons (Fsp3) is 0.412. The normalized spacial score (nSPS) is 15.1. The van der Waals surface area contributed by atoms with Gasteiger partial charge in [-0.15, -0.1) is 0 Å². The second kappa shape index (κ2) is 6.54. The van der Waals surface area contributed by atoms with Crippen LogP contribution in [-0.4, -0.2) is 45.3 Å². The molecule has 0 aromatic heterocycles. The second-order valence-electron chi connectivity index (χ2n) is 6.72. The summed E-state index contributed by atoms with van der Waals surface area (Å²) in [5.74, 6) is -3.39. The Hall–Kier alpha value is -2.90. The first kappa shape index (κ1) is 18.4. The fourth-order valence-electron chi connectivity index (χ4n) is 2.61. The van der Waals surface area contributed by atoms with Gasteiger partial charge in [0.1, 0.15) is 17.4 Å². The maximum absolute atomic E-state index is 12.5. The number of rotatable bonds is 5. The van der Waals surface area contributed by atoms with E-state index in [1.54, 1.807) is 20.8 Å². The second-order valence-corrected chi connectivity index (χ2v) is 6.72. The summed E-state index contributed by atoms with van der Waals surface area (Å²) in [4.78, 5) is 49.2. The number of phenolic OH excluding ortho intramolecular Hbond substituents is 1. The number of fused-ring (bicyclic) bond motifs is 1. The first-order chi connectivity index (χ1) is 11.5. The van der Waals surface area contributed by atoms with Gasteiger partial charge in [-0.05, 0) is 39.3 Å². The summed E-state index contributed by atoms with van der Waals surface area (Å²) in [5, 5.41) is 9.81. The van der Waals surface area contributed by atoms with Gasteiger partial charge in [0, 0.05) is 6.42 Å². The van der Waals surface area contributed by atoms with Gasteiger partial charge in [-0.25, -0.2) is 0 Å². The van der Waals surface area contributed by atoms with E-state index in [4.69, 9.17) is 10.5 Å². The number of nitrogens with zero attached hydrogens (tertiary/aromatic N) is 1. The highest BCUT2D eigenvalue weighted by Gasteiger charge is 2.43. The minimum absolute atomic E-state index is 0.00600. The van der Waals surface area contributed by atoms with E-state index in [1.165, 1.54) is 18.2 Å². The van der Waals surface area contributed by atoms with Crippen LogP contribution >= 0.6 is 0 Å². The molecule has 1 atom stereocenters. The Morgan fingerprint density at radius 1 is 1.24 bits per heavy atom. The van der Waals surface area contributed by atoms with Crippen LogP contribution < -0.4 is 5.73 Å². The first-order valence-corrected chi connectivity index (χ1v) is 7.74. The van der Waals surface area contributed by atoms with Crippen molar-refractivity contribution in [3.63, 3.8) is 0 Å². The number of primary amides is 1. The lowest BCUT2D eigenvalue weighted by atomic mass is 10.1. The van der Waals surface area contributed by atoms with Crippen LogP contribution in [0.1, 0.15) is 54.3 Å². The number of ether oxygens (including phenoxy) is 1. The van der Waals surface area contributed by atoms with Gasteiger partial charge in [0.25, 0.3) is 11.8 Å². The highest BCUT2D eigenvalue weighted by atomic mass is 16.6. The number of hydrogen-bond acceptors (Lipinski definition) is 6. The fourth-order valence-corrected chi connectivity index (χ4v) is 2.61. The zero-order valence-electron chi connectivity index (χ0n) is 14.2. The Kier molecular flexibility index (Phi) is 4.82. The number of carbonyl (C=O) groups excluding carboxylic acids is 4. The quantitative estimate of drug-likeness (QED) is 0.603. The van der Waals surface area contributed by atoms with Crippen LogP contribution in [0.2, 0.25) is 0 Å². The predicted octanol–water partition coefficient (Wildman–Crippen LogP) is 0.964. The van der Waals surface area contributed by atoms with Crippen molar-refractivity contribution in [2.45, 2.75) is 45.3 Å². The maximum atomic E-state index is 12.5. The van der Waals surface area contributed by atoms with Crippen LogP contribution in [0.25, 0.3) is 0 Å². The summed E-state index contributed by atoms with van der Waals surface area (Å²) in [5.41, 5.74) is 4.46. The Labute approximate surface area is 144 Å². The van der Waals surface area contributed by atoms with Gasteiger partial charge in [-0.1, -0.05) is 6.07 Å². The van der Waals surface area contributed by atoms with Crippen LogP contribution in [0.3, 0.4) is 0 Å². The molecule has 25 heavy (non-hydrogen) atoms. The lowest BCUT2D eigenvalue weighted by Gasteiger charge is -2.24. The van der Waals surface area contributed by atoms with E-state index in [0.717, 1.165) is 0 Å². The molecule has 0 radical (unpaired) electrons. The summed E-state index contributed by atoms with van der Waals surface area (Å²) in [7, 11) is 0. The average Bonchev–Trinajstić information content (AvgIpc) is 2.71. The molecule has 8 heteroatoms. The number of benzene rings is 1. The summed E-state index contributed by atoms with van der Waals surface area (Å²) in [6.07, 6.45) is -0.346. The number of amides is 3. The minimum Gasteiger partial charge on any atom is -0.507 e. The zero-order chi connectivity index (χ0) is 18.9. The van der Waals surface area contributed by atoms with Crippen LogP contribution in [0.15, 0.2) is 18.2 Å². The van der Waals surface area contributed by atoms with Gasteiger partial charge >= 0.3 is 5.97 Å². The SMILES string of the molecule is CC(C)(C)OC(=O)CC[C@@H](C(N)=O)N1C(=O)c2cccc(O)c2C1=O. The van der Waals surface area contributed by atoms with E-state index in [1.807, 2.05) is 0 Å². The van der Waals surface area contributed by atoms with Crippen LogP contribution in [0, 0.1) is 0 Å². The van der Waals surface area contributed by atoms with Gasteiger partial charge in [0.05, 0.1) is 11.1 Å². The molecule has 0 spiro atoms. The Morgan fingerprint density at radius 3 is 2.40 bits per heavy atom. The number of aromatic hydroxyl groups is 1. The molecule has 134 valence electrons. The van der Waals surface area contributed by atoms with Gasteiger partial charge in [-0.2, -0.15) is 0 Å². The summed E-state index contributed by atoms with van der Waals surface area (Å²) < 4.78 is 5.15. The van der Waals surface area contributed by atoms with Crippen molar-refractivity contribution >= 4 is 23.7 Å². The molecule has 3 amide bonds. The van der Waals surface area contributed by atoms with Crippen LogP contribution in [-0.2, 0) is 14.3 Å². The van der Waals surface area contributed by atoms with E-state index < -0.39 is 35.3 Å². The zero-order valence-corrected chi connectivity index (χ0v) is 14.2. The van der Waals surface area contributed by atoms with Crippen molar-refractivity contribution in [2.24, 2.45) is 5.73 Å². The number of nitrogens with two attached hydrogens (primary N) is 1.